The summed E-state index contributed by atoms with van der Waals surface area (Å²) in [6.07, 6.45) is 2.68. The fourth-order valence-corrected chi connectivity index (χ4v) is 2.30. The molecule has 0 saturated carbocycles. The number of halogens is 1. The normalized spacial score (nSPS) is 12.8. The molecule has 0 fully saturated rings. The second-order valence-corrected chi connectivity index (χ2v) is 5.53. The number of aliphatic hydroxyl groups excluding tert-OH is 1. The Labute approximate surface area is 112 Å². The van der Waals surface area contributed by atoms with Gasteiger partial charge in [0.2, 0.25) is 0 Å². The van der Waals surface area contributed by atoms with Crippen LogP contribution in [0.5, 0.6) is 5.75 Å². The number of benzene rings is 1. The Bertz CT molecular complexity index is 350. The quantitative estimate of drug-likeness (QED) is 0.866. The second kappa shape index (κ2) is 7.02. The first-order valence-corrected chi connectivity index (χ1v) is 6.84. The minimum Gasteiger partial charge on any atom is -0.496 e. The first-order chi connectivity index (χ1) is 8.04. The van der Waals surface area contributed by atoms with Gasteiger partial charge in [-0.3, -0.25) is 0 Å². The molecule has 2 nitrogen and oxygen atoms in total. The van der Waals surface area contributed by atoms with Crippen molar-refractivity contribution < 1.29 is 9.84 Å². The molecule has 96 valence electrons. The van der Waals surface area contributed by atoms with Gasteiger partial charge in [-0.25, -0.2) is 0 Å². The summed E-state index contributed by atoms with van der Waals surface area (Å²) in [7, 11) is 1.67. The van der Waals surface area contributed by atoms with E-state index in [0.717, 1.165) is 29.5 Å². The summed E-state index contributed by atoms with van der Waals surface area (Å²) in [6.45, 7) is 4.10. The summed E-state index contributed by atoms with van der Waals surface area (Å²) in [6, 6.07) is 6.13. The molecule has 1 unspecified atom stereocenters. The van der Waals surface area contributed by atoms with E-state index >= 15 is 0 Å². The van der Waals surface area contributed by atoms with Crippen LogP contribution in [-0.4, -0.2) is 18.3 Å². The van der Waals surface area contributed by atoms with Gasteiger partial charge < -0.3 is 9.84 Å². The van der Waals surface area contributed by atoms with E-state index in [-0.39, 0.29) is 6.10 Å². The van der Waals surface area contributed by atoms with E-state index in [9.17, 15) is 5.11 Å². The maximum Gasteiger partial charge on any atom is 0.133 e. The maximum absolute atomic E-state index is 9.71. The summed E-state index contributed by atoms with van der Waals surface area (Å²) in [4.78, 5) is 0. The van der Waals surface area contributed by atoms with Crippen molar-refractivity contribution in [2.45, 2.75) is 39.2 Å². The summed E-state index contributed by atoms with van der Waals surface area (Å²) in [5.41, 5.74) is 1.27. The molecular formula is C14H21BrO2. The Balaban J connectivity index is 2.45. The third kappa shape index (κ3) is 4.68. The average Bonchev–Trinajstić information content (AvgIpc) is 2.29. The summed E-state index contributed by atoms with van der Waals surface area (Å²) < 4.78 is 6.18. The van der Waals surface area contributed by atoms with Crippen LogP contribution in [0.15, 0.2) is 22.7 Å². The number of ether oxygens (including phenoxy) is 1. The molecule has 0 aromatic heterocycles. The monoisotopic (exact) mass is 300 g/mol. The van der Waals surface area contributed by atoms with Crippen molar-refractivity contribution in [2.24, 2.45) is 5.92 Å². The summed E-state index contributed by atoms with van der Waals surface area (Å²) >= 11 is 3.48. The SMILES string of the molecule is COc1ccc(CCCC(O)C(C)C)cc1Br. The lowest BCUT2D eigenvalue weighted by Crippen LogP contribution is -2.14. The van der Waals surface area contributed by atoms with Crippen molar-refractivity contribution in [2.75, 3.05) is 7.11 Å². The Kier molecular flexibility index (Phi) is 6.00. The molecule has 0 heterocycles. The van der Waals surface area contributed by atoms with Gasteiger partial charge in [-0.05, 0) is 58.8 Å². The highest BCUT2D eigenvalue weighted by Gasteiger charge is 2.08. The van der Waals surface area contributed by atoms with Crippen LogP contribution in [0.3, 0.4) is 0 Å². The summed E-state index contributed by atoms with van der Waals surface area (Å²) in [5.74, 6) is 1.20. The van der Waals surface area contributed by atoms with E-state index in [4.69, 9.17) is 4.74 Å². The van der Waals surface area contributed by atoms with Gasteiger partial charge in [0.1, 0.15) is 5.75 Å². The Hall–Kier alpha value is -0.540. The van der Waals surface area contributed by atoms with Gasteiger partial charge in [0.25, 0.3) is 0 Å². The summed E-state index contributed by atoms with van der Waals surface area (Å²) in [5, 5.41) is 9.71. The molecule has 17 heavy (non-hydrogen) atoms. The Morgan fingerprint density at radius 3 is 2.59 bits per heavy atom. The van der Waals surface area contributed by atoms with E-state index in [1.165, 1.54) is 5.56 Å². The highest BCUT2D eigenvalue weighted by Crippen LogP contribution is 2.26. The molecular weight excluding hydrogens is 280 g/mol. The fraction of sp³-hybridized carbons (Fsp3) is 0.571. The Morgan fingerprint density at radius 2 is 2.06 bits per heavy atom. The molecule has 3 heteroatoms. The van der Waals surface area contributed by atoms with Crippen molar-refractivity contribution in [1.82, 2.24) is 0 Å². The van der Waals surface area contributed by atoms with E-state index in [2.05, 4.69) is 41.9 Å². The van der Waals surface area contributed by atoms with Crippen LogP contribution in [0.25, 0.3) is 0 Å². The first kappa shape index (κ1) is 14.5. The molecule has 0 aliphatic rings. The second-order valence-electron chi connectivity index (χ2n) is 4.67. The number of hydrogen-bond donors (Lipinski definition) is 1. The molecule has 0 bridgehead atoms. The van der Waals surface area contributed by atoms with E-state index in [1.807, 2.05) is 6.07 Å². The molecule has 1 aromatic rings. The zero-order chi connectivity index (χ0) is 12.8. The van der Waals surface area contributed by atoms with Crippen molar-refractivity contribution >= 4 is 15.9 Å². The lowest BCUT2D eigenvalue weighted by molar-refractivity contribution is 0.114. The zero-order valence-electron chi connectivity index (χ0n) is 10.7. The molecule has 1 atom stereocenters. The molecule has 0 spiro atoms. The minimum absolute atomic E-state index is 0.184. The van der Waals surface area contributed by atoms with Crippen molar-refractivity contribution in [3.05, 3.63) is 28.2 Å². The lowest BCUT2D eigenvalue weighted by atomic mass is 9.99. The van der Waals surface area contributed by atoms with Crippen LogP contribution in [-0.2, 0) is 6.42 Å². The topological polar surface area (TPSA) is 29.5 Å². The highest BCUT2D eigenvalue weighted by atomic mass is 79.9. The number of aliphatic hydroxyl groups is 1. The largest absolute Gasteiger partial charge is 0.496 e. The van der Waals surface area contributed by atoms with Crippen LogP contribution in [0.2, 0.25) is 0 Å². The number of rotatable bonds is 6. The molecule has 1 N–H and O–H groups in total. The molecule has 0 aliphatic carbocycles. The predicted octanol–water partition coefficient (Wildman–Crippen LogP) is 3.80. The van der Waals surface area contributed by atoms with Crippen LogP contribution in [0, 0.1) is 5.92 Å². The first-order valence-electron chi connectivity index (χ1n) is 6.05. The maximum atomic E-state index is 9.71. The van der Waals surface area contributed by atoms with Crippen LogP contribution < -0.4 is 4.74 Å². The van der Waals surface area contributed by atoms with Crippen LogP contribution in [0.1, 0.15) is 32.3 Å². The minimum atomic E-state index is -0.184. The van der Waals surface area contributed by atoms with Gasteiger partial charge in [0.05, 0.1) is 17.7 Å². The number of hydrogen-bond acceptors (Lipinski definition) is 2. The van der Waals surface area contributed by atoms with Gasteiger partial charge in [0.15, 0.2) is 0 Å². The smallest absolute Gasteiger partial charge is 0.133 e. The molecule has 0 saturated heterocycles. The third-order valence-corrected chi connectivity index (χ3v) is 3.57. The molecule has 1 aromatic carbocycles. The van der Waals surface area contributed by atoms with Gasteiger partial charge >= 0.3 is 0 Å². The predicted molar refractivity (Wildman–Crippen MR) is 74.5 cm³/mol. The van der Waals surface area contributed by atoms with Crippen molar-refractivity contribution in [3.63, 3.8) is 0 Å². The molecule has 0 radical (unpaired) electrons. The number of methoxy groups -OCH3 is 1. The van der Waals surface area contributed by atoms with Gasteiger partial charge in [-0.1, -0.05) is 19.9 Å². The molecule has 1 rings (SSSR count). The van der Waals surface area contributed by atoms with E-state index in [0.29, 0.717) is 5.92 Å². The van der Waals surface area contributed by atoms with Crippen molar-refractivity contribution in [1.29, 1.82) is 0 Å². The molecule has 0 aliphatic heterocycles. The zero-order valence-corrected chi connectivity index (χ0v) is 12.3. The lowest BCUT2D eigenvalue weighted by Gasteiger charge is -2.14. The standard InChI is InChI=1S/C14H21BrO2/c1-10(2)13(16)6-4-5-11-7-8-14(17-3)12(15)9-11/h7-10,13,16H,4-6H2,1-3H3. The van der Waals surface area contributed by atoms with Crippen LogP contribution >= 0.6 is 15.9 Å². The molecule has 0 amide bonds. The van der Waals surface area contributed by atoms with Gasteiger partial charge in [0, 0.05) is 0 Å². The van der Waals surface area contributed by atoms with E-state index in [1.54, 1.807) is 7.11 Å². The third-order valence-electron chi connectivity index (χ3n) is 2.95. The fourth-order valence-electron chi connectivity index (χ4n) is 1.71. The number of aryl methyl sites for hydroxylation is 1. The highest BCUT2D eigenvalue weighted by molar-refractivity contribution is 9.10. The average molecular weight is 301 g/mol. The van der Waals surface area contributed by atoms with Crippen molar-refractivity contribution in [3.8, 4) is 5.75 Å². The van der Waals surface area contributed by atoms with Gasteiger partial charge in [-0.15, -0.1) is 0 Å². The van der Waals surface area contributed by atoms with Gasteiger partial charge in [-0.2, -0.15) is 0 Å². The van der Waals surface area contributed by atoms with Crippen LogP contribution in [0.4, 0.5) is 0 Å². The Morgan fingerprint density at radius 1 is 1.35 bits per heavy atom. The van der Waals surface area contributed by atoms with E-state index < -0.39 is 0 Å².